The molecule has 0 saturated heterocycles. The van der Waals surface area contributed by atoms with Crippen LogP contribution in [0.15, 0.2) is 18.2 Å². The predicted octanol–water partition coefficient (Wildman–Crippen LogP) is 3.46. The molecule has 134 valence electrons. The van der Waals surface area contributed by atoms with E-state index in [9.17, 15) is 0 Å². The van der Waals surface area contributed by atoms with Gasteiger partial charge in [-0.1, -0.05) is 27.7 Å². The third kappa shape index (κ3) is 7.23. The summed E-state index contributed by atoms with van der Waals surface area (Å²) in [6.45, 7) is 15.5. The Labute approximate surface area is 143 Å². The van der Waals surface area contributed by atoms with Crippen LogP contribution in [0.3, 0.4) is 0 Å². The van der Waals surface area contributed by atoms with Gasteiger partial charge in [-0.25, -0.2) is 0 Å². The number of hydrogen-bond donors (Lipinski definition) is 2. The average Bonchev–Trinajstić information content (AvgIpc) is 2.62. The van der Waals surface area contributed by atoms with Crippen LogP contribution in [-0.2, 0) is 6.42 Å². The SMILES string of the molecule is CC.CCc1cc(N(CC)CCN(CC)CCO)ccc1NC. The third-order valence-corrected chi connectivity index (χ3v) is 4.04. The molecule has 0 spiro atoms. The first-order valence-electron chi connectivity index (χ1n) is 9.08. The summed E-state index contributed by atoms with van der Waals surface area (Å²) in [6, 6.07) is 6.65. The van der Waals surface area contributed by atoms with Crippen LogP contribution in [0.5, 0.6) is 0 Å². The van der Waals surface area contributed by atoms with Crippen LogP contribution >= 0.6 is 0 Å². The van der Waals surface area contributed by atoms with E-state index < -0.39 is 0 Å². The maximum Gasteiger partial charge on any atom is 0.0558 e. The summed E-state index contributed by atoms with van der Waals surface area (Å²) in [5, 5.41) is 12.3. The summed E-state index contributed by atoms with van der Waals surface area (Å²) < 4.78 is 0. The van der Waals surface area contributed by atoms with Gasteiger partial charge < -0.3 is 15.3 Å². The highest BCUT2D eigenvalue weighted by Crippen LogP contribution is 2.23. The first-order valence-corrected chi connectivity index (χ1v) is 9.08. The first-order chi connectivity index (χ1) is 11.2. The zero-order valence-corrected chi connectivity index (χ0v) is 16.0. The Hall–Kier alpha value is -1.26. The summed E-state index contributed by atoms with van der Waals surface area (Å²) in [4.78, 5) is 4.68. The van der Waals surface area contributed by atoms with E-state index in [0.29, 0.717) is 0 Å². The molecule has 0 radical (unpaired) electrons. The first kappa shape index (κ1) is 21.7. The van der Waals surface area contributed by atoms with Crippen molar-refractivity contribution in [2.24, 2.45) is 0 Å². The number of aliphatic hydroxyl groups excluding tert-OH is 1. The normalized spacial score (nSPS) is 10.3. The van der Waals surface area contributed by atoms with Gasteiger partial charge in [0.15, 0.2) is 0 Å². The van der Waals surface area contributed by atoms with E-state index >= 15 is 0 Å². The Balaban J connectivity index is 0.00000232. The molecule has 0 heterocycles. The molecule has 0 amide bonds. The number of aryl methyl sites for hydroxylation is 1. The maximum atomic E-state index is 9.07. The maximum absolute atomic E-state index is 9.07. The fourth-order valence-corrected chi connectivity index (χ4v) is 2.61. The molecule has 0 aliphatic rings. The predicted molar refractivity (Wildman–Crippen MR) is 104 cm³/mol. The van der Waals surface area contributed by atoms with E-state index in [2.05, 4.69) is 54.1 Å². The minimum absolute atomic E-state index is 0.233. The number of likely N-dealkylation sites (N-methyl/N-ethyl adjacent to an activating group) is 2. The molecule has 0 unspecified atom stereocenters. The Kier molecular flexibility index (Phi) is 12.5. The molecule has 1 aromatic rings. The molecule has 0 fully saturated rings. The quantitative estimate of drug-likeness (QED) is 0.692. The number of hydrogen-bond acceptors (Lipinski definition) is 4. The molecule has 0 aromatic heterocycles. The Bertz CT molecular complexity index is 410. The van der Waals surface area contributed by atoms with Crippen molar-refractivity contribution >= 4 is 11.4 Å². The topological polar surface area (TPSA) is 38.7 Å². The molecule has 2 N–H and O–H groups in total. The van der Waals surface area contributed by atoms with Crippen molar-refractivity contribution in [3.05, 3.63) is 23.8 Å². The molecule has 0 saturated carbocycles. The Morgan fingerprint density at radius 2 is 1.70 bits per heavy atom. The summed E-state index contributed by atoms with van der Waals surface area (Å²) >= 11 is 0. The molecule has 4 nitrogen and oxygen atoms in total. The lowest BCUT2D eigenvalue weighted by Gasteiger charge is -2.28. The van der Waals surface area contributed by atoms with Gasteiger partial charge >= 0.3 is 0 Å². The number of nitrogens with zero attached hydrogens (tertiary/aromatic N) is 2. The lowest BCUT2D eigenvalue weighted by Crippen LogP contribution is -2.36. The molecule has 0 aliphatic heterocycles. The highest BCUT2D eigenvalue weighted by atomic mass is 16.3. The number of aliphatic hydroxyl groups is 1. The van der Waals surface area contributed by atoms with Crippen LogP contribution in [0.25, 0.3) is 0 Å². The van der Waals surface area contributed by atoms with Gasteiger partial charge in [-0.3, -0.25) is 4.90 Å². The van der Waals surface area contributed by atoms with Gasteiger partial charge in [-0.2, -0.15) is 0 Å². The number of anilines is 2. The second-order valence-electron chi connectivity index (χ2n) is 5.18. The Morgan fingerprint density at radius 1 is 1.00 bits per heavy atom. The highest BCUT2D eigenvalue weighted by molar-refractivity contribution is 5.60. The molecular formula is C19H37N3O. The van der Waals surface area contributed by atoms with Gasteiger partial charge in [0.1, 0.15) is 0 Å². The van der Waals surface area contributed by atoms with Crippen molar-refractivity contribution in [3.63, 3.8) is 0 Å². The Morgan fingerprint density at radius 3 is 2.17 bits per heavy atom. The van der Waals surface area contributed by atoms with Crippen LogP contribution in [0.1, 0.15) is 40.2 Å². The van der Waals surface area contributed by atoms with Gasteiger partial charge in [0.05, 0.1) is 6.61 Å². The highest BCUT2D eigenvalue weighted by Gasteiger charge is 2.09. The average molecular weight is 324 g/mol. The largest absolute Gasteiger partial charge is 0.395 e. The van der Waals surface area contributed by atoms with Crippen LogP contribution in [0, 0.1) is 0 Å². The van der Waals surface area contributed by atoms with Crippen molar-refractivity contribution in [1.82, 2.24) is 4.90 Å². The molecule has 0 bridgehead atoms. The lowest BCUT2D eigenvalue weighted by molar-refractivity contribution is 0.204. The minimum Gasteiger partial charge on any atom is -0.395 e. The molecule has 0 aliphatic carbocycles. The van der Waals surface area contributed by atoms with Gasteiger partial charge in [0, 0.05) is 44.6 Å². The molecule has 4 heteroatoms. The molecule has 23 heavy (non-hydrogen) atoms. The van der Waals surface area contributed by atoms with Gasteiger partial charge in [0.25, 0.3) is 0 Å². The molecule has 0 atom stereocenters. The smallest absolute Gasteiger partial charge is 0.0558 e. The summed E-state index contributed by atoms with van der Waals surface area (Å²) in [7, 11) is 1.97. The molecular weight excluding hydrogens is 286 g/mol. The standard InChI is InChI=1S/C17H31N3O.C2H6/c1-5-15-14-16(8-9-17(15)18-4)20(7-3)11-10-19(6-2)12-13-21;1-2/h8-9,14,18,21H,5-7,10-13H2,1-4H3;1-2H3. The van der Waals surface area contributed by atoms with E-state index in [1.54, 1.807) is 0 Å². The van der Waals surface area contributed by atoms with Crippen LogP contribution < -0.4 is 10.2 Å². The van der Waals surface area contributed by atoms with Crippen molar-refractivity contribution in [3.8, 4) is 0 Å². The third-order valence-electron chi connectivity index (χ3n) is 4.04. The van der Waals surface area contributed by atoms with Crippen LogP contribution in [-0.4, -0.2) is 56.4 Å². The molecule has 1 aromatic carbocycles. The van der Waals surface area contributed by atoms with Gasteiger partial charge in [0.2, 0.25) is 0 Å². The van der Waals surface area contributed by atoms with Gasteiger partial charge in [-0.05, 0) is 43.7 Å². The van der Waals surface area contributed by atoms with E-state index in [-0.39, 0.29) is 6.61 Å². The monoisotopic (exact) mass is 323 g/mol. The van der Waals surface area contributed by atoms with Crippen molar-refractivity contribution < 1.29 is 5.11 Å². The zero-order chi connectivity index (χ0) is 17.7. The van der Waals surface area contributed by atoms with E-state index in [1.165, 1.54) is 16.9 Å². The van der Waals surface area contributed by atoms with Crippen molar-refractivity contribution in [2.45, 2.75) is 41.0 Å². The summed E-state index contributed by atoms with van der Waals surface area (Å²) in [6.07, 6.45) is 1.03. The van der Waals surface area contributed by atoms with Crippen LogP contribution in [0.4, 0.5) is 11.4 Å². The summed E-state index contributed by atoms with van der Waals surface area (Å²) in [5.41, 5.74) is 3.86. The molecule has 1 rings (SSSR count). The summed E-state index contributed by atoms with van der Waals surface area (Å²) in [5.74, 6) is 0. The number of benzene rings is 1. The lowest BCUT2D eigenvalue weighted by atomic mass is 10.1. The number of rotatable bonds is 10. The van der Waals surface area contributed by atoms with E-state index in [4.69, 9.17) is 5.11 Å². The fourth-order valence-electron chi connectivity index (χ4n) is 2.61. The van der Waals surface area contributed by atoms with Gasteiger partial charge in [-0.15, -0.1) is 0 Å². The van der Waals surface area contributed by atoms with Crippen LogP contribution in [0.2, 0.25) is 0 Å². The van der Waals surface area contributed by atoms with E-state index in [0.717, 1.165) is 39.1 Å². The van der Waals surface area contributed by atoms with Crippen molar-refractivity contribution in [2.75, 3.05) is 56.6 Å². The zero-order valence-electron chi connectivity index (χ0n) is 16.0. The fraction of sp³-hybridized carbons (Fsp3) is 0.684. The number of nitrogens with one attached hydrogen (secondary N) is 1. The second-order valence-corrected chi connectivity index (χ2v) is 5.18. The minimum atomic E-state index is 0.233. The van der Waals surface area contributed by atoms with E-state index in [1.807, 2.05) is 20.9 Å². The second kappa shape index (κ2) is 13.2. The van der Waals surface area contributed by atoms with Crippen molar-refractivity contribution in [1.29, 1.82) is 0 Å².